The molecule has 0 aromatic carbocycles. The minimum atomic E-state index is -0.353. The van der Waals surface area contributed by atoms with Gasteiger partial charge in [0.1, 0.15) is 5.01 Å². The molecule has 1 atom stereocenters. The monoisotopic (exact) mass is 336 g/mol. The summed E-state index contributed by atoms with van der Waals surface area (Å²) in [5.41, 5.74) is 0. The Bertz CT molecular complexity index is 666. The third-order valence-electron chi connectivity index (χ3n) is 3.62. The van der Waals surface area contributed by atoms with E-state index in [4.69, 9.17) is 4.52 Å². The molecule has 1 aliphatic carbocycles. The van der Waals surface area contributed by atoms with Gasteiger partial charge in [-0.2, -0.15) is 4.98 Å². The SMILES string of the molecule is CCCC(C)c1nnc(NC(=O)NCc2noc(C3CC3)n2)s1. The Morgan fingerprint density at radius 2 is 2.26 bits per heavy atom. The number of anilines is 1. The number of urea groups is 1. The Hall–Kier alpha value is -2.03. The lowest BCUT2D eigenvalue weighted by Gasteiger charge is -2.03. The van der Waals surface area contributed by atoms with Crippen LogP contribution in [0.2, 0.25) is 0 Å². The van der Waals surface area contributed by atoms with Gasteiger partial charge in [0.15, 0.2) is 5.82 Å². The topological polar surface area (TPSA) is 106 Å². The summed E-state index contributed by atoms with van der Waals surface area (Å²) in [7, 11) is 0. The predicted octanol–water partition coefficient (Wildman–Crippen LogP) is 3.02. The summed E-state index contributed by atoms with van der Waals surface area (Å²) in [5.74, 6) is 1.92. The molecule has 0 spiro atoms. The van der Waals surface area contributed by atoms with Crippen LogP contribution in [0.5, 0.6) is 0 Å². The van der Waals surface area contributed by atoms with Gasteiger partial charge in [0.05, 0.1) is 6.54 Å². The minimum Gasteiger partial charge on any atom is -0.339 e. The van der Waals surface area contributed by atoms with Crippen LogP contribution >= 0.6 is 11.3 Å². The first-order valence-electron chi connectivity index (χ1n) is 7.86. The molecule has 9 heteroatoms. The van der Waals surface area contributed by atoms with Gasteiger partial charge < -0.3 is 9.84 Å². The second kappa shape index (κ2) is 7.03. The van der Waals surface area contributed by atoms with E-state index in [9.17, 15) is 4.79 Å². The molecule has 2 N–H and O–H groups in total. The summed E-state index contributed by atoms with van der Waals surface area (Å²) in [5, 5.41) is 18.8. The predicted molar refractivity (Wildman–Crippen MR) is 85.4 cm³/mol. The number of nitrogens with one attached hydrogen (secondary N) is 2. The van der Waals surface area contributed by atoms with Crippen LogP contribution in [0, 0.1) is 0 Å². The average molecular weight is 336 g/mol. The van der Waals surface area contributed by atoms with Crippen molar-refractivity contribution in [2.75, 3.05) is 5.32 Å². The van der Waals surface area contributed by atoms with Gasteiger partial charge in [-0.05, 0) is 19.3 Å². The third kappa shape index (κ3) is 4.25. The van der Waals surface area contributed by atoms with Gasteiger partial charge in [-0.3, -0.25) is 5.32 Å². The normalized spacial score (nSPS) is 15.4. The fourth-order valence-electron chi connectivity index (χ4n) is 2.18. The molecule has 1 aliphatic rings. The standard InChI is InChI=1S/C14H20N6O2S/c1-3-4-8(2)12-18-19-14(23-12)17-13(21)15-7-10-16-11(22-20-10)9-5-6-9/h8-9H,3-7H2,1-2H3,(H2,15,17,19,21). The second-order valence-corrected chi connectivity index (χ2v) is 6.78. The third-order valence-corrected chi connectivity index (χ3v) is 4.69. The maximum Gasteiger partial charge on any atom is 0.321 e. The summed E-state index contributed by atoms with van der Waals surface area (Å²) in [6.45, 7) is 4.47. The average Bonchev–Trinajstić information content (AvgIpc) is 3.09. The number of carbonyl (C=O) groups excluding carboxylic acids is 1. The lowest BCUT2D eigenvalue weighted by atomic mass is 10.1. The Kier molecular flexibility index (Phi) is 4.85. The van der Waals surface area contributed by atoms with Gasteiger partial charge in [0.25, 0.3) is 0 Å². The molecule has 2 heterocycles. The van der Waals surface area contributed by atoms with Crippen LogP contribution in [0.15, 0.2) is 4.52 Å². The highest BCUT2D eigenvalue weighted by Crippen LogP contribution is 2.38. The summed E-state index contributed by atoms with van der Waals surface area (Å²) in [6, 6.07) is -0.353. The van der Waals surface area contributed by atoms with Crippen LogP contribution in [0.4, 0.5) is 9.93 Å². The molecular formula is C14H20N6O2S. The van der Waals surface area contributed by atoms with Gasteiger partial charge in [-0.1, -0.05) is 36.8 Å². The highest BCUT2D eigenvalue weighted by Gasteiger charge is 2.29. The molecule has 8 nitrogen and oxygen atoms in total. The summed E-state index contributed by atoms with van der Waals surface area (Å²) >= 11 is 1.40. The van der Waals surface area contributed by atoms with Crippen LogP contribution in [0.25, 0.3) is 0 Å². The van der Waals surface area contributed by atoms with Crippen molar-refractivity contribution < 1.29 is 9.32 Å². The lowest BCUT2D eigenvalue weighted by Crippen LogP contribution is -2.28. The van der Waals surface area contributed by atoms with Crippen molar-refractivity contribution in [3.63, 3.8) is 0 Å². The summed E-state index contributed by atoms with van der Waals surface area (Å²) in [6.07, 6.45) is 4.36. The van der Waals surface area contributed by atoms with Crippen molar-refractivity contribution in [3.05, 3.63) is 16.7 Å². The first kappa shape index (κ1) is 15.9. The number of carbonyl (C=O) groups is 1. The van der Waals surface area contributed by atoms with Crippen LogP contribution in [-0.4, -0.2) is 26.4 Å². The molecule has 0 bridgehead atoms. The van der Waals surface area contributed by atoms with Gasteiger partial charge >= 0.3 is 6.03 Å². The molecule has 0 radical (unpaired) electrons. The maximum atomic E-state index is 11.9. The van der Waals surface area contributed by atoms with E-state index in [2.05, 4.69) is 44.8 Å². The molecular weight excluding hydrogens is 316 g/mol. The zero-order valence-electron chi connectivity index (χ0n) is 13.2. The van der Waals surface area contributed by atoms with E-state index >= 15 is 0 Å². The van der Waals surface area contributed by atoms with Crippen molar-refractivity contribution >= 4 is 22.5 Å². The molecule has 1 fully saturated rings. The van der Waals surface area contributed by atoms with E-state index in [1.54, 1.807) is 0 Å². The van der Waals surface area contributed by atoms with Gasteiger partial charge in [-0.25, -0.2) is 4.79 Å². The number of hydrogen-bond acceptors (Lipinski definition) is 7. The summed E-state index contributed by atoms with van der Waals surface area (Å²) < 4.78 is 5.14. The number of nitrogens with zero attached hydrogens (tertiary/aromatic N) is 4. The van der Waals surface area contributed by atoms with Crippen LogP contribution in [-0.2, 0) is 6.54 Å². The van der Waals surface area contributed by atoms with E-state index in [1.165, 1.54) is 11.3 Å². The van der Waals surface area contributed by atoms with E-state index in [1.807, 2.05) is 0 Å². The van der Waals surface area contributed by atoms with Crippen molar-refractivity contribution in [2.45, 2.75) is 57.9 Å². The molecule has 0 saturated heterocycles. The maximum absolute atomic E-state index is 11.9. The molecule has 1 unspecified atom stereocenters. The quantitative estimate of drug-likeness (QED) is 0.805. The van der Waals surface area contributed by atoms with Crippen LogP contribution in [0.3, 0.4) is 0 Å². The molecule has 23 heavy (non-hydrogen) atoms. The van der Waals surface area contributed by atoms with Gasteiger partial charge in [0.2, 0.25) is 11.0 Å². The highest BCUT2D eigenvalue weighted by atomic mass is 32.1. The number of aromatic nitrogens is 4. The Morgan fingerprint density at radius 1 is 1.43 bits per heavy atom. The zero-order valence-corrected chi connectivity index (χ0v) is 14.0. The Balaban J connectivity index is 1.46. The molecule has 2 aromatic heterocycles. The Morgan fingerprint density at radius 3 is 3.00 bits per heavy atom. The van der Waals surface area contributed by atoms with E-state index in [-0.39, 0.29) is 12.6 Å². The number of rotatable bonds is 7. The van der Waals surface area contributed by atoms with Crippen molar-refractivity contribution in [1.29, 1.82) is 0 Å². The molecule has 3 rings (SSSR count). The number of hydrogen-bond donors (Lipinski definition) is 2. The van der Waals surface area contributed by atoms with Crippen molar-refractivity contribution in [3.8, 4) is 0 Å². The lowest BCUT2D eigenvalue weighted by molar-refractivity contribution is 0.251. The molecule has 124 valence electrons. The molecule has 2 amide bonds. The molecule has 0 aliphatic heterocycles. The van der Waals surface area contributed by atoms with Crippen LogP contribution in [0.1, 0.15) is 68.1 Å². The smallest absolute Gasteiger partial charge is 0.321 e. The first-order valence-corrected chi connectivity index (χ1v) is 8.68. The van der Waals surface area contributed by atoms with E-state index in [0.29, 0.717) is 28.7 Å². The number of amides is 2. The summed E-state index contributed by atoms with van der Waals surface area (Å²) in [4.78, 5) is 16.1. The zero-order chi connectivity index (χ0) is 16.2. The minimum absolute atomic E-state index is 0.222. The molecule has 2 aromatic rings. The second-order valence-electron chi connectivity index (χ2n) is 5.77. The fourth-order valence-corrected chi connectivity index (χ4v) is 3.00. The van der Waals surface area contributed by atoms with Crippen LogP contribution < -0.4 is 10.6 Å². The molecule has 1 saturated carbocycles. The van der Waals surface area contributed by atoms with Crippen molar-refractivity contribution in [2.24, 2.45) is 0 Å². The van der Waals surface area contributed by atoms with Crippen molar-refractivity contribution in [1.82, 2.24) is 25.7 Å². The van der Waals surface area contributed by atoms with Gasteiger partial charge in [0, 0.05) is 11.8 Å². The van der Waals surface area contributed by atoms with Gasteiger partial charge in [-0.15, -0.1) is 10.2 Å². The fraction of sp³-hybridized carbons (Fsp3) is 0.643. The van der Waals surface area contributed by atoms with E-state index in [0.717, 1.165) is 30.7 Å². The van der Waals surface area contributed by atoms with E-state index < -0.39 is 0 Å². The Labute approximate surface area is 138 Å². The largest absolute Gasteiger partial charge is 0.339 e. The highest BCUT2D eigenvalue weighted by molar-refractivity contribution is 7.15. The first-order chi connectivity index (χ1) is 11.2.